The molecule has 0 spiro atoms. The molecule has 3 aromatic heterocycles. The van der Waals surface area contributed by atoms with E-state index in [1.165, 1.54) is 0 Å². The fraction of sp³-hybridized carbons (Fsp3) is 0.294. The molecule has 0 N–H and O–H groups in total. The van der Waals surface area contributed by atoms with Crippen LogP contribution >= 0.6 is 0 Å². The molecular formula is C17H18N6O. The number of hydrogen-bond acceptors (Lipinski definition) is 4. The lowest BCUT2D eigenvalue weighted by Crippen LogP contribution is -2.20. The van der Waals surface area contributed by atoms with Crippen molar-refractivity contribution in [2.45, 2.75) is 20.3 Å². The Bertz CT molecular complexity index is 1100. The number of imidazole rings is 1. The molecule has 1 aromatic carbocycles. The number of aryl methyl sites for hydroxylation is 1. The molecule has 0 aliphatic heterocycles. The smallest absolute Gasteiger partial charge is 0.261 e. The van der Waals surface area contributed by atoms with E-state index in [9.17, 15) is 4.79 Å². The highest BCUT2D eigenvalue weighted by Gasteiger charge is 2.16. The van der Waals surface area contributed by atoms with Crippen molar-refractivity contribution in [1.29, 1.82) is 0 Å². The van der Waals surface area contributed by atoms with Crippen molar-refractivity contribution in [2.75, 3.05) is 0 Å². The maximum atomic E-state index is 12.7. The maximum Gasteiger partial charge on any atom is 0.261 e. The van der Waals surface area contributed by atoms with Crippen LogP contribution in [0.4, 0.5) is 0 Å². The summed E-state index contributed by atoms with van der Waals surface area (Å²) in [5, 5.41) is 9.06. The highest BCUT2D eigenvalue weighted by molar-refractivity contribution is 5.82. The molecule has 0 saturated carbocycles. The summed E-state index contributed by atoms with van der Waals surface area (Å²) in [5.41, 5.74) is 2.39. The van der Waals surface area contributed by atoms with Crippen molar-refractivity contribution < 1.29 is 0 Å². The lowest BCUT2D eigenvalue weighted by atomic mass is 10.1. The molecule has 0 radical (unpaired) electrons. The van der Waals surface area contributed by atoms with Crippen LogP contribution in [0.3, 0.4) is 0 Å². The zero-order valence-electron chi connectivity index (χ0n) is 13.8. The first-order valence-electron chi connectivity index (χ1n) is 7.92. The van der Waals surface area contributed by atoms with Crippen LogP contribution in [0.25, 0.3) is 22.4 Å². The van der Waals surface area contributed by atoms with E-state index in [0.717, 1.165) is 17.6 Å². The number of nitrogens with zero attached hydrogens (tertiary/aromatic N) is 6. The Morgan fingerprint density at radius 3 is 2.79 bits per heavy atom. The summed E-state index contributed by atoms with van der Waals surface area (Å²) >= 11 is 0. The van der Waals surface area contributed by atoms with Crippen LogP contribution in [0.1, 0.15) is 19.5 Å². The number of benzene rings is 1. The third kappa shape index (κ3) is 2.12. The van der Waals surface area contributed by atoms with E-state index in [2.05, 4.69) is 29.1 Å². The molecule has 4 rings (SSSR count). The summed E-state index contributed by atoms with van der Waals surface area (Å²) in [7, 11) is 1.75. The molecule has 24 heavy (non-hydrogen) atoms. The summed E-state index contributed by atoms with van der Waals surface area (Å²) in [5.74, 6) is 1.10. The summed E-state index contributed by atoms with van der Waals surface area (Å²) in [6.07, 6.45) is 4.45. The molecule has 4 aromatic rings. The number of aromatic nitrogens is 6. The van der Waals surface area contributed by atoms with E-state index in [4.69, 9.17) is 0 Å². The Kier molecular flexibility index (Phi) is 3.23. The van der Waals surface area contributed by atoms with Crippen LogP contribution < -0.4 is 5.56 Å². The monoisotopic (exact) mass is 322 g/mol. The molecular weight excluding hydrogens is 304 g/mol. The van der Waals surface area contributed by atoms with Crippen molar-refractivity contribution >= 4 is 16.6 Å². The zero-order chi connectivity index (χ0) is 16.8. The summed E-state index contributed by atoms with van der Waals surface area (Å²) in [6, 6.07) is 7.52. The van der Waals surface area contributed by atoms with E-state index in [1.54, 1.807) is 22.6 Å². The van der Waals surface area contributed by atoms with Gasteiger partial charge in [-0.2, -0.15) is 4.68 Å². The Balaban J connectivity index is 1.98. The van der Waals surface area contributed by atoms with Crippen molar-refractivity contribution in [3.8, 4) is 5.82 Å². The molecule has 7 nitrogen and oxygen atoms in total. The lowest BCUT2D eigenvalue weighted by Gasteiger charge is -2.07. The van der Waals surface area contributed by atoms with E-state index in [-0.39, 0.29) is 5.56 Å². The van der Waals surface area contributed by atoms with Crippen molar-refractivity contribution in [3.05, 3.63) is 52.8 Å². The standard InChI is InChI=1S/C17H18N6O/c1-11(2)8-12-9-23(20-19-12)15-16-21(3)17(24)13-6-4-5-7-14(13)22(16)10-18-15/h4-7,9-11H,8H2,1-3H3. The highest BCUT2D eigenvalue weighted by Crippen LogP contribution is 2.18. The van der Waals surface area contributed by atoms with E-state index >= 15 is 0 Å². The third-order valence-electron chi connectivity index (χ3n) is 4.12. The van der Waals surface area contributed by atoms with Gasteiger partial charge in [-0.15, -0.1) is 5.10 Å². The number of rotatable bonds is 3. The largest absolute Gasteiger partial charge is 0.294 e. The molecule has 3 heterocycles. The predicted molar refractivity (Wildman–Crippen MR) is 91.4 cm³/mol. The van der Waals surface area contributed by atoms with Gasteiger partial charge in [-0.05, 0) is 24.5 Å². The van der Waals surface area contributed by atoms with Crippen LogP contribution in [0.5, 0.6) is 0 Å². The Labute approximate surface area is 138 Å². The molecule has 0 atom stereocenters. The van der Waals surface area contributed by atoms with Crippen molar-refractivity contribution in [1.82, 2.24) is 28.9 Å². The van der Waals surface area contributed by atoms with Gasteiger partial charge in [-0.1, -0.05) is 31.2 Å². The average Bonchev–Trinajstić information content (AvgIpc) is 3.18. The van der Waals surface area contributed by atoms with E-state index in [1.807, 2.05) is 34.9 Å². The minimum Gasteiger partial charge on any atom is -0.294 e. The number of hydrogen-bond donors (Lipinski definition) is 0. The zero-order valence-corrected chi connectivity index (χ0v) is 13.8. The molecule has 0 aliphatic rings. The molecule has 0 bridgehead atoms. The minimum absolute atomic E-state index is 0.0534. The Morgan fingerprint density at radius 2 is 2.00 bits per heavy atom. The first-order chi connectivity index (χ1) is 11.6. The first-order valence-corrected chi connectivity index (χ1v) is 7.92. The normalized spacial score (nSPS) is 11.8. The quantitative estimate of drug-likeness (QED) is 0.578. The second-order valence-corrected chi connectivity index (χ2v) is 6.40. The lowest BCUT2D eigenvalue weighted by molar-refractivity contribution is 0.633. The summed E-state index contributed by atoms with van der Waals surface area (Å²) in [4.78, 5) is 17.1. The third-order valence-corrected chi connectivity index (χ3v) is 4.12. The first kappa shape index (κ1) is 14.6. The summed E-state index contributed by atoms with van der Waals surface area (Å²) < 4.78 is 5.16. The Hall–Kier alpha value is -2.96. The average molecular weight is 322 g/mol. The van der Waals surface area contributed by atoms with Gasteiger partial charge in [0, 0.05) is 7.05 Å². The minimum atomic E-state index is -0.0534. The van der Waals surface area contributed by atoms with E-state index in [0.29, 0.717) is 22.8 Å². The van der Waals surface area contributed by atoms with Gasteiger partial charge in [0.2, 0.25) is 0 Å². The molecule has 0 aliphatic carbocycles. The second kappa shape index (κ2) is 5.30. The fourth-order valence-electron chi connectivity index (χ4n) is 3.04. The van der Waals surface area contributed by atoms with Crippen LogP contribution in [0.15, 0.2) is 41.6 Å². The molecule has 0 unspecified atom stereocenters. The maximum absolute atomic E-state index is 12.7. The second-order valence-electron chi connectivity index (χ2n) is 6.40. The Morgan fingerprint density at radius 1 is 1.21 bits per heavy atom. The van der Waals surface area contributed by atoms with Gasteiger partial charge in [0.25, 0.3) is 5.56 Å². The molecule has 122 valence electrons. The van der Waals surface area contributed by atoms with Crippen LogP contribution in [-0.4, -0.2) is 28.9 Å². The topological polar surface area (TPSA) is 70.0 Å². The predicted octanol–water partition coefficient (Wildman–Crippen LogP) is 1.97. The van der Waals surface area contributed by atoms with Crippen molar-refractivity contribution in [3.63, 3.8) is 0 Å². The van der Waals surface area contributed by atoms with Gasteiger partial charge in [-0.3, -0.25) is 13.8 Å². The molecule has 0 amide bonds. The highest BCUT2D eigenvalue weighted by atomic mass is 16.1. The fourth-order valence-corrected chi connectivity index (χ4v) is 3.04. The number of fused-ring (bicyclic) bond motifs is 3. The molecule has 0 fully saturated rings. The number of para-hydroxylation sites is 1. The van der Waals surface area contributed by atoms with Gasteiger partial charge in [0.1, 0.15) is 6.33 Å². The molecule has 7 heteroatoms. The van der Waals surface area contributed by atoms with Crippen molar-refractivity contribution in [2.24, 2.45) is 13.0 Å². The van der Waals surface area contributed by atoms with E-state index < -0.39 is 0 Å². The van der Waals surface area contributed by atoms with Crippen LogP contribution in [-0.2, 0) is 13.5 Å². The van der Waals surface area contributed by atoms with Gasteiger partial charge < -0.3 is 0 Å². The van der Waals surface area contributed by atoms with Gasteiger partial charge in [0.15, 0.2) is 11.5 Å². The SMILES string of the molecule is CC(C)Cc1cn(-c2ncn3c4ccccc4c(=O)n(C)c23)nn1. The summed E-state index contributed by atoms with van der Waals surface area (Å²) in [6.45, 7) is 4.28. The van der Waals surface area contributed by atoms with Gasteiger partial charge >= 0.3 is 0 Å². The molecule has 0 saturated heterocycles. The van der Waals surface area contributed by atoms with Gasteiger partial charge in [0.05, 0.1) is 22.8 Å². The van der Waals surface area contributed by atoms with Crippen LogP contribution in [0.2, 0.25) is 0 Å². The van der Waals surface area contributed by atoms with Gasteiger partial charge in [-0.25, -0.2) is 4.98 Å². The van der Waals surface area contributed by atoms with Crippen LogP contribution in [0, 0.1) is 5.92 Å².